The van der Waals surface area contributed by atoms with Crippen molar-refractivity contribution in [1.82, 2.24) is 0 Å². The van der Waals surface area contributed by atoms with Crippen molar-refractivity contribution in [3.63, 3.8) is 0 Å². The molecule has 1 amide bonds. The van der Waals surface area contributed by atoms with Crippen molar-refractivity contribution in [2.45, 2.75) is 31.8 Å². The van der Waals surface area contributed by atoms with Gasteiger partial charge in [0.25, 0.3) is 5.91 Å². The van der Waals surface area contributed by atoms with Gasteiger partial charge in [0.05, 0.1) is 5.56 Å². The van der Waals surface area contributed by atoms with Gasteiger partial charge in [-0.3, -0.25) is 19.2 Å². The van der Waals surface area contributed by atoms with Crippen LogP contribution in [-0.4, -0.2) is 49.3 Å². The van der Waals surface area contributed by atoms with Gasteiger partial charge in [-0.25, -0.2) is 0 Å². The highest BCUT2D eigenvalue weighted by Crippen LogP contribution is 2.51. The van der Waals surface area contributed by atoms with E-state index in [2.05, 4.69) is 0 Å². The summed E-state index contributed by atoms with van der Waals surface area (Å²) < 4.78 is 0. The molecule has 30 heavy (non-hydrogen) atoms. The SMILES string of the molecule is CC(=O)c1ccc(O)c2c1CC1CC3CC(O)=C(C(N)=O)C(=O)C3(O)C(O)=C1C2=O. The number of allylic oxidation sites excluding steroid dienone is 2. The lowest BCUT2D eigenvalue weighted by Gasteiger charge is -2.45. The number of rotatable bonds is 2. The molecule has 3 aliphatic rings. The molecule has 3 unspecified atom stereocenters. The Balaban J connectivity index is 1.93. The number of phenolic OH excluding ortho intramolecular Hbond substituents is 1. The lowest BCUT2D eigenvalue weighted by molar-refractivity contribution is -0.144. The Labute approximate surface area is 170 Å². The van der Waals surface area contributed by atoms with E-state index in [-0.39, 0.29) is 41.7 Å². The maximum absolute atomic E-state index is 13.2. The third-order valence-electron chi connectivity index (χ3n) is 6.32. The predicted molar refractivity (Wildman–Crippen MR) is 101 cm³/mol. The predicted octanol–water partition coefficient (Wildman–Crippen LogP) is 0.783. The zero-order chi connectivity index (χ0) is 22.1. The van der Waals surface area contributed by atoms with Crippen molar-refractivity contribution in [1.29, 1.82) is 0 Å². The first-order chi connectivity index (χ1) is 14.0. The highest BCUT2D eigenvalue weighted by atomic mass is 16.3. The lowest BCUT2D eigenvalue weighted by atomic mass is 9.60. The number of phenols is 1. The zero-order valence-electron chi connectivity index (χ0n) is 15.9. The smallest absolute Gasteiger partial charge is 0.255 e. The van der Waals surface area contributed by atoms with Crippen LogP contribution >= 0.6 is 0 Å². The molecule has 0 radical (unpaired) electrons. The molecule has 1 aromatic rings. The fourth-order valence-electron chi connectivity index (χ4n) is 4.95. The van der Waals surface area contributed by atoms with Crippen molar-refractivity contribution in [3.05, 3.63) is 51.5 Å². The molecule has 0 aliphatic heterocycles. The Morgan fingerprint density at radius 3 is 2.40 bits per heavy atom. The molecule has 3 aliphatic carbocycles. The maximum atomic E-state index is 13.2. The molecule has 0 spiro atoms. The summed E-state index contributed by atoms with van der Waals surface area (Å²) in [4.78, 5) is 49.6. The molecule has 0 saturated carbocycles. The second kappa shape index (κ2) is 6.27. The van der Waals surface area contributed by atoms with E-state index in [1.54, 1.807) is 0 Å². The van der Waals surface area contributed by atoms with E-state index < -0.39 is 57.8 Å². The molecule has 4 rings (SSSR count). The first kappa shape index (κ1) is 19.8. The number of Topliss-reactive ketones (excluding diaryl/α,β-unsaturated/α-hetero) is 3. The Hall–Kier alpha value is -3.46. The number of fused-ring (bicyclic) bond motifs is 3. The molecule has 9 heteroatoms. The van der Waals surface area contributed by atoms with E-state index >= 15 is 0 Å². The Bertz CT molecular complexity index is 1130. The number of benzene rings is 1. The van der Waals surface area contributed by atoms with Gasteiger partial charge in [0, 0.05) is 23.5 Å². The van der Waals surface area contributed by atoms with Gasteiger partial charge < -0.3 is 26.2 Å². The Kier molecular flexibility index (Phi) is 4.14. The molecule has 0 heterocycles. The second-order valence-corrected chi connectivity index (χ2v) is 7.95. The van der Waals surface area contributed by atoms with Gasteiger partial charge in [-0.05, 0) is 43.4 Å². The number of aliphatic hydroxyl groups excluding tert-OH is 2. The minimum Gasteiger partial charge on any atom is -0.511 e. The molecule has 6 N–H and O–H groups in total. The molecular formula is C21H19NO8. The van der Waals surface area contributed by atoms with Crippen LogP contribution in [0.4, 0.5) is 0 Å². The van der Waals surface area contributed by atoms with Crippen LogP contribution in [0.2, 0.25) is 0 Å². The lowest BCUT2D eigenvalue weighted by Crippen LogP contribution is -2.57. The van der Waals surface area contributed by atoms with E-state index in [0.717, 1.165) is 0 Å². The third kappa shape index (κ3) is 2.38. The summed E-state index contributed by atoms with van der Waals surface area (Å²) in [6, 6.07) is 2.61. The summed E-state index contributed by atoms with van der Waals surface area (Å²) in [5.41, 5.74) is 1.90. The van der Waals surface area contributed by atoms with Gasteiger partial charge in [0.15, 0.2) is 17.2 Å². The zero-order valence-corrected chi connectivity index (χ0v) is 15.9. The number of hydrogen-bond acceptors (Lipinski definition) is 8. The fraction of sp³-hybridized carbons (Fsp3) is 0.333. The molecule has 3 atom stereocenters. The molecule has 156 valence electrons. The number of primary amides is 1. The summed E-state index contributed by atoms with van der Waals surface area (Å²) in [5.74, 6) is -7.19. The van der Waals surface area contributed by atoms with Gasteiger partial charge in [-0.2, -0.15) is 0 Å². The Morgan fingerprint density at radius 2 is 1.80 bits per heavy atom. The van der Waals surface area contributed by atoms with Gasteiger partial charge in [-0.1, -0.05) is 0 Å². The summed E-state index contributed by atoms with van der Waals surface area (Å²) in [5, 5.41) is 42.3. The molecule has 0 aromatic heterocycles. The normalized spacial score (nSPS) is 28.1. The van der Waals surface area contributed by atoms with Crippen LogP contribution in [0.3, 0.4) is 0 Å². The molecule has 0 saturated heterocycles. The van der Waals surface area contributed by atoms with E-state index in [1.807, 2.05) is 0 Å². The molecule has 0 bridgehead atoms. The van der Waals surface area contributed by atoms with Crippen LogP contribution in [0.1, 0.15) is 46.0 Å². The largest absolute Gasteiger partial charge is 0.511 e. The van der Waals surface area contributed by atoms with Crippen molar-refractivity contribution >= 4 is 23.3 Å². The molecular weight excluding hydrogens is 394 g/mol. The maximum Gasteiger partial charge on any atom is 0.255 e. The summed E-state index contributed by atoms with van der Waals surface area (Å²) in [6.07, 6.45) is -0.164. The van der Waals surface area contributed by atoms with Gasteiger partial charge in [0.1, 0.15) is 22.8 Å². The van der Waals surface area contributed by atoms with Crippen molar-refractivity contribution in [2.24, 2.45) is 17.6 Å². The number of aromatic hydroxyl groups is 1. The van der Waals surface area contributed by atoms with E-state index in [4.69, 9.17) is 5.73 Å². The number of ketones is 3. The number of aliphatic hydroxyl groups is 3. The third-order valence-corrected chi connectivity index (χ3v) is 6.32. The number of carbonyl (C=O) groups excluding carboxylic acids is 4. The van der Waals surface area contributed by atoms with Crippen LogP contribution in [0.15, 0.2) is 34.8 Å². The van der Waals surface area contributed by atoms with Crippen LogP contribution < -0.4 is 5.73 Å². The average Bonchev–Trinajstić information content (AvgIpc) is 2.64. The molecule has 1 aromatic carbocycles. The monoisotopic (exact) mass is 413 g/mol. The molecule has 9 nitrogen and oxygen atoms in total. The highest BCUT2D eigenvalue weighted by Gasteiger charge is 2.59. The van der Waals surface area contributed by atoms with Crippen LogP contribution in [0, 0.1) is 11.8 Å². The molecule has 0 fully saturated rings. The minimum absolute atomic E-state index is 0.0237. The van der Waals surface area contributed by atoms with Gasteiger partial charge in [-0.15, -0.1) is 0 Å². The van der Waals surface area contributed by atoms with E-state index in [1.165, 1.54) is 19.1 Å². The van der Waals surface area contributed by atoms with E-state index in [9.17, 15) is 39.6 Å². The van der Waals surface area contributed by atoms with E-state index in [0.29, 0.717) is 5.56 Å². The quantitative estimate of drug-likeness (QED) is 0.349. The Morgan fingerprint density at radius 1 is 1.13 bits per heavy atom. The van der Waals surface area contributed by atoms with Crippen LogP contribution in [0.25, 0.3) is 0 Å². The standard InChI is InChI=1S/C21H19NO8/c1-7(23)10-2-3-12(24)15-11(10)5-8-4-9-6-13(25)16(20(22)29)19(28)21(9,30)18(27)14(8)17(15)26/h2-3,8-9,24-25,27,30H,4-6H2,1H3,(H2,22,29). The second-order valence-electron chi connectivity index (χ2n) is 7.95. The summed E-state index contributed by atoms with van der Waals surface area (Å²) in [7, 11) is 0. The van der Waals surface area contributed by atoms with Crippen LogP contribution in [0.5, 0.6) is 5.75 Å². The van der Waals surface area contributed by atoms with Crippen LogP contribution in [-0.2, 0) is 16.0 Å². The number of hydrogen-bond donors (Lipinski definition) is 5. The topological polar surface area (TPSA) is 175 Å². The van der Waals surface area contributed by atoms with Crippen molar-refractivity contribution in [2.75, 3.05) is 0 Å². The number of amides is 1. The summed E-state index contributed by atoms with van der Waals surface area (Å²) in [6.45, 7) is 1.33. The first-order valence-corrected chi connectivity index (χ1v) is 9.33. The summed E-state index contributed by atoms with van der Waals surface area (Å²) >= 11 is 0. The highest BCUT2D eigenvalue weighted by molar-refractivity contribution is 6.24. The van der Waals surface area contributed by atoms with Gasteiger partial charge in [0.2, 0.25) is 5.78 Å². The van der Waals surface area contributed by atoms with Crippen molar-refractivity contribution < 1.29 is 39.6 Å². The van der Waals surface area contributed by atoms with Gasteiger partial charge >= 0.3 is 0 Å². The first-order valence-electron chi connectivity index (χ1n) is 9.33. The van der Waals surface area contributed by atoms with Crippen molar-refractivity contribution in [3.8, 4) is 5.75 Å². The number of nitrogens with two attached hydrogens (primary N) is 1. The minimum atomic E-state index is -2.59. The fourth-order valence-corrected chi connectivity index (χ4v) is 4.95. The average molecular weight is 413 g/mol. The number of carbonyl (C=O) groups is 4.